The average Bonchev–Trinajstić information content (AvgIpc) is 1.89. The molecule has 0 spiro atoms. The first-order valence-corrected chi connectivity index (χ1v) is 3.30. The summed E-state index contributed by atoms with van der Waals surface area (Å²) in [6.07, 6.45) is 0. The molecule has 0 aromatic heterocycles. The maximum atomic E-state index is 10.6. The first kappa shape index (κ1) is 9.30. The summed E-state index contributed by atoms with van der Waals surface area (Å²) >= 11 is 5.10. The fourth-order valence-corrected chi connectivity index (χ4v) is 0.462. The molecule has 10 heavy (non-hydrogen) atoms. The van der Waals surface area contributed by atoms with Crippen LogP contribution in [0.3, 0.4) is 0 Å². The summed E-state index contributed by atoms with van der Waals surface area (Å²) in [5, 5.41) is 0. The maximum Gasteiger partial charge on any atom is 0.374 e. The number of halogens is 1. The number of rotatable bonds is 4. The van der Waals surface area contributed by atoms with Crippen LogP contribution in [0, 0.1) is 0 Å². The molecule has 0 aliphatic heterocycles. The second-order valence-electron chi connectivity index (χ2n) is 1.40. The van der Waals surface area contributed by atoms with Crippen LogP contribution in [-0.4, -0.2) is 18.6 Å². The number of carbonyl (C=O) groups excluding carboxylic acids is 1. The third-order valence-electron chi connectivity index (χ3n) is 0.732. The summed E-state index contributed by atoms with van der Waals surface area (Å²) in [6, 6.07) is -0.176. The lowest BCUT2D eigenvalue weighted by atomic mass is 10.6. The van der Waals surface area contributed by atoms with Crippen molar-refractivity contribution in [3.63, 3.8) is 0 Å². The van der Waals surface area contributed by atoms with E-state index >= 15 is 0 Å². The molecule has 0 bridgehead atoms. The van der Waals surface area contributed by atoms with Gasteiger partial charge in [-0.15, -0.1) is 0 Å². The average molecular weight is 165 g/mol. The first-order valence-electron chi connectivity index (χ1n) is 2.77. The molecule has 0 saturated carbocycles. The second-order valence-corrected chi connectivity index (χ2v) is 1.62. The Balaban J connectivity index is 3.60. The van der Waals surface area contributed by atoms with Gasteiger partial charge in [0.05, 0.1) is 6.61 Å². The normalized spacial score (nSPS) is 8.60. The van der Waals surface area contributed by atoms with Crippen LogP contribution < -0.4 is 0 Å². The van der Waals surface area contributed by atoms with Gasteiger partial charge in [0.25, 0.3) is 0 Å². The standard InChI is InChI=1S/C6H9ClO3/c1-3-9-5(2)6(8)10-4-7/h2-4H2,1H3. The number of hydrogen-bond acceptors (Lipinski definition) is 3. The van der Waals surface area contributed by atoms with Gasteiger partial charge in [0.2, 0.25) is 0 Å². The molecule has 0 aliphatic rings. The van der Waals surface area contributed by atoms with Crippen LogP contribution in [0.15, 0.2) is 12.3 Å². The highest BCUT2D eigenvalue weighted by Crippen LogP contribution is 1.96. The van der Waals surface area contributed by atoms with Crippen molar-refractivity contribution in [1.82, 2.24) is 0 Å². The number of ether oxygens (including phenoxy) is 2. The van der Waals surface area contributed by atoms with E-state index in [1.54, 1.807) is 6.92 Å². The smallest absolute Gasteiger partial charge is 0.374 e. The van der Waals surface area contributed by atoms with Gasteiger partial charge < -0.3 is 9.47 Å². The number of alkyl halides is 1. The van der Waals surface area contributed by atoms with E-state index in [4.69, 9.17) is 16.3 Å². The van der Waals surface area contributed by atoms with Gasteiger partial charge in [0.1, 0.15) is 0 Å². The topological polar surface area (TPSA) is 35.5 Å². The lowest BCUT2D eigenvalue weighted by Gasteiger charge is -2.03. The largest absolute Gasteiger partial charge is 0.487 e. The minimum absolute atomic E-state index is 0.0110. The second kappa shape index (κ2) is 5.11. The third-order valence-corrected chi connectivity index (χ3v) is 0.841. The molecule has 0 atom stereocenters. The highest BCUT2D eigenvalue weighted by atomic mass is 35.5. The molecule has 3 nitrogen and oxygen atoms in total. The van der Waals surface area contributed by atoms with Crippen LogP contribution in [0.2, 0.25) is 0 Å². The summed E-state index contributed by atoms with van der Waals surface area (Å²) in [6.45, 7) is 5.46. The number of hydrogen-bond donors (Lipinski definition) is 0. The Morgan fingerprint density at radius 1 is 1.60 bits per heavy atom. The van der Waals surface area contributed by atoms with Crippen LogP contribution in [0.5, 0.6) is 0 Å². The Morgan fingerprint density at radius 3 is 2.60 bits per heavy atom. The van der Waals surface area contributed by atoms with Crippen LogP contribution >= 0.6 is 11.6 Å². The predicted octanol–water partition coefficient (Wildman–Crippen LogP) is 1.28. The minimum Gasteiger partial charge on any atom is -0.487 e. The quantitative estimate of drug-likeness (QED) is 0.272. The fraction of sp³-hybridized carbons (Fsp3) is 0.500. The molecule has 4 heteroatoms. The molecule has 0 amide bonds. The zero-order valence-corrected chi connectivity index (χ0v) is 6.48. The van der Waals surface area contributed by atoms with Crippen LogP contribution in [0.25, 0.3) is 0 Å². The molecule has 58 valence electrons. The van der Waals surface area contributed by atoms with E-state index in [0.29, 0.717) is 6.61 Å². The van der Waals surface area contributed by atoms with Crippen molar-refractivity contribution < 1.29 is 14.3 Å². The lowest BCUT2D eigenvalue weighted by molar-refractivity contribution is -0.140. The van der Waals surface area contributed by atoms with Crippen molar-refractivity contribution in [1.29, 1.82) is 0 Å². The number of carbonyl (C=O) groups is 1. The minimum atomic E-state index is -0.614. The van der Waals surface area contributed by atoms with E-state index in [-0.39, 0.29) is 11.8 Å². The van der Waals surface area contributed by atoms with Crippen molar-refractivity contribution in [2.24, 2.45) is 0 Å². The zero-order valence-electron chi connectivity index (χ0n) is 5.72. The fourth-order valence-electron chi connectivity index (χ4n) is 0.363. The Kier molecular flexibility index (Phi) is 4.76. The summed E-state index contributed by atoms with van der Waals surface area (Å²) in [5.74, 6) is -0.625. The van der Waals surface area contributed by atoms with Crippen molar-refractivity contribution in [2.45, 2.75) is 6.92 Å². The summed E-state index contributed by atoms with van der Waals surface area (Å²) in [7, 11) is 0. The molecule has 0 fully saturated rings. The molecule has 0 unspecified atom stereocenters. The monoisotopic (exact) mass is 164 g/mol. The van der Waals surface area contributed by atoms with Gasteiger partial charge in [-0.1, -0.05) is 11.6 Å². The van der Waals surface area contributed by atoms with Gasteiger partial charge in [0.15, 0.2) is 11.8 Å². The Morgan fingerprint density at radius 2 is 2.20 bits per heavy atom. The molecule has 0 aromatic rings. The molecule has 0 heterocycles. The molecule has 0 rings (SSSR count). The highest BCUT2D eigenvalue weighted by molar-refractivity contribution is 6.17. The molecule has 0 aromatic carbocycles. The third kappa shape index (κ3) is 3.35. The van der Waals surface area contributed by atoms with Crippen molar-refractivity contribution in [3.05, 3.63) is 12.3 Å². The van der Waals surface area contributed by atoms with E-state index in [1.807, 2.05) is 0 Å². The van der Waals surface area contributed by atoms with Crippen LogP contribution in [0.1, 0.15) is 6.92 Å². The van der Waals surface area contributed by atoms with Crippen molar-refractivity contribution in [3.8, 4) is 0 Å². The Bertz CT molecular complexity index is 117. The SMILES string of the molecule is C=C(OCC)C(=O)OCCl. The van der Waals surface area contributed by atoms with E-state index in [0.717, 1.165) is 0 Å². The van der Waals surface area contributed by atoms with Gasteiger partial charge >= 0.3 is 5.97 Å². The maximum absolute atomic E-state index is 10.6. The van der Waals surface area contributed by atoms with E-state index < -0.39 is 5.97 Å². The highest BCUT2D eigenvalue weighted by Gasteiger charge is 2.06. The Hall–Kier alpha value is -0.700. The molecule has 0 aliphatic carbocycles. The first-order chi connectivity index (χ1) is 4.72. The predicted molar refractivity (Wildman–Crippen MR) is 37.6 cm³/mol. The van der Waals surface area contributed by atoms with E-state index in [2.05, 4.69) is 11.3 Å². The molecular formula is C6H9ClO3. The van der Waals surface area contributed by atoms with Gasteiger partial charge in [0, 0.05) is 0 Å². The number of esters is 1. The van der Waals surface area contributed by atoms with Crippen LogP contribution in [0.4, 0.5) is 0 Å². The van der Waals surface area contributed by atoms with Gasteiger partial charge in [-0.05, 0) is 13.5 Å². The zero-order chi connectivity index (χ0) is 7.98. The Labute approximate surface area is 64.6 Å². The van der Waals surface area contributed by atoms with Crippen molar-refractivity contribution >= 4 is 17.6 Å². The van der Waals surface area contributed by atoms with E-state index in [9.17, 15) is 4.79 Å². The molecule has 0 radical (unpaired) electrons. The van der Waals surface area contributed by atoms with Gasteiger partial charge in [-0.2, -0.15) is 0 Å². The molecular weight excluding hydrogens is 156 g/mol. The molecule has 0 saturated heterocycles. The van der Waals surface area contributed by atoms with Gasteiger partial charge in [-0.3, -0.25) is 0 Å². The summed E-state index contributed by atoms with van der Waals surface area (Å²) < 4.78 is 9.09. The van der Waals surface area contributed by atoms with E-state index in [1.165, 1.54) is 0 Å². The summed E-state index contributed by atoms with van der Waals surface area (Å²) in [4.78, 5) is 10.6. The van der Waals surface area contributed by atoms with Crippen LogP contribution in [-0.2, 0) is 14.3 Å². The van der Waals surface area contributed by atoms with Gasteiger partial charge in [-0.25, -0.2) is 4.79 Å². The molecule has 0 N–H and O–H groups in total. The summed E-state index contributed by atoms with van der Waals surface area (Å²) in [5.41, 5.74) is 0. The lowest BCUT2D eigenvalue weighted by Crippen LogP contribution is -2.08. The van der Waals surface area contributed by atoms with Crippen molar-refractivity contribution in [2.75, 3.05) is 12.7 Å².